The molecule has 5 rings (SSSR count). The minimum absolute atomic E-state index is 0.0542. The van der Waals surface area contributed by atoms with Crippen molar-refractivity contribution in [3.8, 4) is 23.0 Å². The van der Waals surface area contributed by atoms with Gasteiger partial charge in [0.15, 0.2) is 10.7 Å². The lowest BCUT2D eigenvalue weighted by Crippen LogP contribution is -2.34. The van der Waals surface area contributed by atoms with E-state index in [9.17, 15) is 9.90 Å². The summed E-state index contributed by atoms with van der Waals surface area (Å²) in [5, 5.41) is 18.4. The number of fused-ring (bicyclic) bond motifs is 2. The first kappa shape index (κ1) is 25.7. The van der Waals surface area contributed by atoms with Crippen molar-refractivity contribution >= 4 is 66.7 Å². The number of thiocarbonyl (C=S) groups is 1. The zero-order chi connectivity index (χ0) is 27.0. The van der Waals surface area contributed by atoms with E-state index >= 15 is 0 Å². The van der Waals surface area contributed by atoms with Crippen molar-refractivity contribution in [2.75, 3.05) is 12.4 Å². The summed E-state index contributed by atoms with van der Waals surface area (Å²) in [7, 11) is 1.51. The van der Waals surface area contributed by atoms with Crippen molar-refractivity contribution in [2.45, 2.75) is 20.3 Å². The normalized spacial score (nSPS) is 11.1. The monoisotopic (exact) mass is 589 g/mol. The number of oxazole rings is 1. The fraction of sp³-hybridized carbons (Fsp3) is 0.138. The van der Waals surface area contributed by atoms with E-state index in [4.69, 9.17) is 21.4 Å². The van der Waals surface area contributed by atoms with Gasteiger partial charge < -0.3 is 19.6 Å². The summed E-state index contributed by atoms with van der Waals surface area (Å²) in [6, 6.07) is 18.7. The van der Waals surface area contributed by atoms with Crippen LogP contribution in [-0.2, 0) is 6.42 Å². The largest absolute Gasteiger partial charge is 0.507 e. The molecular weight excluding hydrogens is 566 g/mol. The van der Waals surface area contributed by atoms with Crippen molar-refractivity contribution in [1.29, 1.82) is 0 Å². The molecular formula is C29H24BrN3O4S. The van der Waals surface area contributed by atoms with Crippen LogP contribution in [0.3, 0.4) is 0 Å². The molecule has 38 heavy (non-hydrogen) atoms. The van der Waals surface area contributed by atoms with Crippen molar-refractivity contribution in [3.63, 3.8) is 0 Å². The minimum atomic E-state index is -0.424. The molecule has 0 radical (unpaired) electrons. The molecule has 4 aromatic carbocycles. The van der Waals surface area contributed by atoms with Gasteiger partial charge in [0.1, 0.15) is 17.0 Å². The molecule has 9 heteroatoms. The van der Waals surface area contributed by atoms with E-state index in [-0.39, 0.29) is 10.9 Å². The third-order valence-electron chi connectivity index (χ3n) is 6.27. The highest BCUT2D eigenvalue weighted by Crippen LogP contribution is 2.38. The number of methoxy groups -OCH3 is 1. The van der Waals surface area contributed by atoms with Crippen LogP contribution >= 0.6 is 28.1 Å². The Balaban J connectivity index is 1.41. The molecule has 0 unspecified atom stereocenters. The number of rotatable bonds is 5. The molecule has 0 aliphatic rings. The number of carbonyl (C=O) groups excluding carboxylic acids is 1. The number of aryl methyl sites for hydroxylation is 2. The summed E-state index contributed by atoms with van der Waals surface area (Å²) < 4.78 is 12.1. The van der Waals surface area contributed by atoms with Crippen molar-refractivity contribution in [3.05, 3.63) is 81.8 Å². The number of benzene rings is 4. The first-order valence-corrected chi connectivity index (χ1v) is 13.1. The number of nitrogens with one attached hydrogen (secondary N) is 2. The fourth-order valence-corrected chi connectivity index (χ4v) is 5.26. The summed E-state index contributed by atoms with van der Waals surface area (Å²) in [5.74, 6) is 0.331. The molecule has 1 aromatic heterocycles. The van der Waals surface area contributed by atoms with E-state index in [0.29, 0.717) is 49.6 Å². The number of carbonyl (C=O) groups is 1. The van der Waals surface area contributed by atoms with Gasteiger partial charge in [-0.05, 0) is 93.7 Å². The van der Waals surface area contributed by atoms with Crippen molar-refractivity contribution in [2.24, 2.45) is 0 Å². The lowest BCUT2D eigenvalue weighted by molar-refractivity contribution is 0.0975. The standard InChI is InChI=1S/C29H24BrN3O4S/c1-4-16-9-10-23-22(12-16)32-28(37-23)20-14-18(11-15(2)25(20)34)31-29(38)33-27(35)21-13-17-7-5-6-8-19(17)24(30)26(21)36-3/h5-14,34H,4H2,1-3H3,(H2,31,33,35,38). The molecule has 0 fully saturated rings. The van der Waals surface area contributed by atoms with Gasteiger partial charge in [0.2, 0.25) is 5.89 Å². The molecule has 0 aliphatic heterocycles. The Kier molecular flexibility index (Phi) is 7.05. The molecule has 1 heterocycles. The molecule has 1 amide bonds. The lowest BCUT2D eigenvalue weighted by atomic mass is 10.1. The average Bonchev–Trinajstić information content (AvgIpc) is 3.33. The summed E-state index contributed by atoms with van der Waals surface area (Å²) in [6.45, 7) is 3.84. The molecule has 0 atom stereocenters. The third-order valence-corrected chi connectivity index (χ3v) is 7.26. The van der Waals surface area contributed by atoms with Crippen LogP contribution in [0, 0.1) is 6.92 Å². The quantitative estimate of drug-likeness (QED) is 0.148. The second-order valence-electron chi connectivity index (χ2n) is 8.76. The Hall–Kier alpha value is -3.95. The van der Waals surface area contributed by atoms with Gasteiger partial charge in [-0.2, -0.15) is 0 Å². The maximum atomic E-state index is 13.2. The molecule has 0 bridgehead atoms. The number of nitrogens with zero attached hydrogens (tertiary/aromatic N) is 1. The third kappa shape index (κ3) is 4.82. The number of anilines is 1. The van der Waals surface area contributed by atoms with Gasteiger partial charge in [0.05, 0.1) is 22.7 Å². The van der Waals surface area contributed by atoms with E-state index < -0.39 is 5.91 Å². The van der Waals surface area contributed by atoms with E-state index in [1.54, 1.807) is 25.1 Å². The van der Waals surface area contributed by atoms with Crippen LogP contribution in [0.5, 0.6) is 11.5 Å². The van der Waals surface area contributed by atoms with Gasteiger partial charge in [-0.1, -0.05) is 37.3 Å². The number of amides is 1. The summed E-state index contributed by atoms with van der Waals surface area (Å²) in [4.78, 5) is 17.8. The van der Waals surface area contributed by atoms with E-state index in [0.717, 1.165) is 22.8 Å². The van der Waals surface area contributed by atoms with Gasteiger partial charge >= 0.3 is 0 Å². The maximum Gasteiger partial charge on any atom is 0.261 e. The second-order valence-corrected chi connectivity index (χ2v) is 9.97. The molecule has 7 nitrogen and oxygen atoms in total. The average molecular weight is 590 g/mol. The summed E-state index contributed by atoms with van der Waals surface area (Å²) in [5.41, 5.74) is 4.39. The number of phenolic OH excluding ortho intramolecular Hbond substituents is 1. The minimum Gasteiger partial charge on any atom is -0.507 e. The molecule has 5 aromatic rings. The Labute approximate surface area is 233 Å². The molecule has 0 saturated heterocycles. The summed E-state index contributed by atoms with van der Waals surface area (Å²) in [6.07, 6.45) is 0.882. The fourth-order valence-electron chi connectivity index (χ4n) is 4.31. The van der Waals surface area contributed by atoms with Gasteiger partial charge in [-0.15, -0.1) is 0 Å². The van der Waals surface area contributed by atoms with E-state index in [1.807, 2.05) is 42.5 Å². The first-order valence-electron chi connectivity index (χ1n) is 11.9. The van der Waals surface area contributed by atoms with E-state index in [2.05, 4.69) is 38.5 Å². The smallest absolute Gasteiger partial charge is 0.261 e. The zero-order valence-electron chi connectivity index (χ0n) is 20.9. The van der Waals surface area contributed by atoms with Crippen LogP contribution in [0.2, 0.25) is 0 Å². The highest BCUT2D eigenvalue weighted by Gasteiger charge is 2.20. The Morgan fingerprint density at radius 3 is 2.71 bits per heavy atom. The number of halogens is 1. The number of aromatic hydroxyl groups is 1. The van der Waals surface area contributed by atoms with Gasteiger partial charge in [0, 0.05) is 5.69 Å². The Bertz CT molecular complexity index is 1730. The predicted molar refractivity (Wildman–Crippen MR) is 157 cm³/mol. The first-order chi connectivity index (χ1) is 18.3. The van der Waals surface area contributed by atoms with E-state index in [1.165, 1.54) is 7.11 Å². The van der Waals surface area contributed by atoms with Gasteiger partial charge in [0.25, 0.3) is 5.91 Å². The number of ether oxygens (including phenoxy) is 1. The predicted octanol–water partition coefficient (Wildman–Crippen LogP) is 7.12. The maximum absolute atomic E-state index is 13.2. The molecule has 0 saturated carbocycles. The number of aromatic nitrogens is 1. The Morgan fingerprint density at radius 2 is 1.95 bits per heavy atom. The van der Waals surface area contributed by atoms with Crippen LogP contribution in [0.15, 0.2) is 69.6 Å². The molecule has 192 valence electrons. The second kappa shape index (κ2) is 10.4. The summed E-state index contributed by atoms with van der Waals surface area (Å²) >= 11 is 8.99. The van der Waals surface area contributed by atoms with Crippen LogP contribution < -0.4 is 15.4 Å². The highest BCUT2D eigenvalue weighted by atomic mass is 79.9. The van der Waals surface area contributed by atoms with Gasteiger partial charge in [-0.25, -0.2) is 4.98 Å². The van der Waals surface area contributed by atoms with Crippen LogP contribution in [0.25, 0.3) is 33.3 Å². The highest BCUT2D eigenvalue weighted by molar-refractivity contribution is 9.10. The number of phenols is 1. The number of hydrogen-bond donors (Lipinski definition) is 3. The Morgan fingerprint density at radius 1 is 1.16 bits per heavy atom. The lowest BCUT2D eigenvalue weighted by Gasteiger charge is -2.15. The van der Waals surface area contributed by atoms with Crippen LogP contribution in [-0.4, -0.2) is 28.2 Å². The van der Waals surface area contributed by atoms with Gasteiger partial charge in [-0.3, -0.25) is 10.1 Å². The van der Waals surface area contributed by atoms with Crippen molar-refractivity contribution < 1.29 is 19.1 Å². The van der Waals surface area contributed by atoms with Crippen LogP contribution in [0.4, 0.5) is 5.69 Å². The SMILES string of the molecule is CCc1ccc2oc(-c3cc(NC(=S)NC(=O)c4cc5ccccc5c(Br)c4OC)cc(C)c3O)nc2c1. The topological polar surface area (TPSA) is 96.6 Å². The van der Waals surface area contributed by atoms with Crippen LogP contribution in [0.1, 0.15) is 28.4 Å². The molecule has 0 spiro atoms. The molecule has 0 aliphatic carbocycles. The number of hydrogen-bond acceptors (Lipinski definition) is 6. The molecule has 3 N–H and O–H groups in total. The van der Waals surface area contributed by atoms with Crippen molar-refractivity contribution in [1.82, 2.24) is 10.3 Å². The zero-order valence-corrected chi connectivity index (χ0v) is 23.3.